The van der Waals surface area contributed by atoms with E-state index in [9.17, 15) is 0 Å². The smallest absolute Gasteiger partial charge is 0.137 e. The largest absolute Gasteiger partial charge is 0.492 e. The summed E-state index contributed by atoms with van der Waals surface area (Å²) < 4.78 is 5.65. The maximum Gasteiger partial charge on any atom is 0.137 e. The summed E-state index contributed by atoms with van der Waals surface area (Å²) in [5.41, 5.74) is 2.45. The Bertz CT molecular complexity index is 524. The van der Waals surface area contributed by atoms with Gasteiger partial charge in [0.2, 0.25) is 0 Å². The van der Waals surface area contributed by atoms with Crippen LogP contribution in [0.15, 0.2) is 29.9 Å². The maximum atomic E-state index is 5.65. The van der Waals surface area contributed by atoms with E-state index in [1.54, 1.807) is 17.5 Å². The lowest BCUT2D eigenvalue weighted by molar-refractivity contribution is 0.315. The molecule has 19 heavy (non-hydrogen) atoms. The Morgan fingerprint density at radius 3 is 2.89 bits per heavy atom. The highest BCUT2D eigenvalue weighted by molar-refractivity contribution is 7.10. The molecule has 2 heterocycles. The van der Waals surface area contributed by atoms with Crippen LogP contribution in [0.5, 0.6) is 5.75 Å². The number of hydrogen-bond donors (Lipinski definition) is 1. The number of rotatable bonds is 6. The predicted octanol–water partition coefficient (Wildman–Crippen LogP) is 3.55. The first kappa shape index (κ1) is 14.0. The van der Waals surface area contributed by atoms with Gasteiger partial charge >= 0.3 is 0 Å². The third-order valence-electron chi connectivity index (χ3n) is 2.99. The predicted molar refractivity (Wildman–Crippen MR) is 80.0 cm³/mol. The minimum absolute atomic E-state index is 0.178. The summed E-state index contributed by atoms with van der Waals surface area (Å²) >= 11 is 1.77. The van der Waals surface area contributed by atoms with Crippen LogP contribution in [0.3, 0.4) is 0 Å². The second-order valence-electron chi connectivity index (χ2n) is 4.49. The van der Waals surface area contributed by atoms with Crippen molar-refractivity contribution in [3.05, 3.63) is 45.9 Å². The summed E-state index contributed by atoms with van der Waals surface area (Å²) in [5.74, 6) is 0.841. The van der Waals surface area contributed by atoms with E-state index in [0.29, 0.717) is 0 Å². The molecule has 1 N–H and O–H groups in total. The molecule has 0 aliphatic heterocycles. The average molecular weight is 276 g/mol. The zero-order valence-electron chi connectivity index (χ0n) is 11.6. The van der Waals surface area contributed by atoms with Gasteiger partial charge in [0.05, 0.1) is 18.8 Å². The van der Waals surface area contributed by atoms with E-state index < -0.39 is 0 Å². The first-order valence-corrected chi connectivity index (χ1v) is 7.43. The van der Waals surface area contributed by atoms with Crippen LogP contribution < -0.4 is 10.1 Å². The molecule has 0 radical (unpaired) electrons. The lowest BCUT2D eigenvalue weighted by Crippen LogP contribution is -2.17. The van der Waals surface area contributed by atoms with Crippen molar-refractivity contribution >= 4 is 11.3 Å². The Kier molecular flexibility index (Phi) is 4.93. The van der Waals surface area contributed by atoms with Crippen molar-refractivity contribution in [2.45, 2.75) is 26.3 Å². The number of pyridine rings is 1. The lowest BCUT2D eigenvalue weighted by Gasteiger charge is -2.17. The van der Waals surface area contributed by atoms with Crippen LogP contribution in [0.1, 0.15) is 35.4 Å². The molecule has 0 aliphatic carbocycles. The number of ether oxygens (including phenoxy) is 1. The summed E-state index contributed by atoms with van der Waals surface area (Å²) in [5, 5.41) is 5.48. The van der Waals surface area contributed by atoms with Crippen molar-refractivity contribution in [3.63, 3.8) is 0 Å². The topological polar surface area (TPSA) is 34.1 Å². The SMILES string of the molecule is CCCOc1cncc(C(NC)c2sccc2C)c1. The van der Waals surface area contributed by atoms with E-state index in [0.717, 1.165) is 24.3 Å². The number of aryl methyl sites for hydroxylation is 1. The fraction of sp³-hybridized carbons (Fsp3) is 0.400. The molecule has 4 heteroatoms. The standard InChI is InChI=1S/C15H20N2OS/c1-4-6-18-13-8-12(9-17-10-13)14(16-3)15-11(2)5-7-19-15/h5,7-10,14,16H,4,6H2,1-3H3. The van der Waals surface area contributed by atoms with Crippen molar-refractivity contribution in [2.24, 2.45) is 0 Å². The Morgan fingerprint density at radius 1 is 1.42 bits per heavy atom. The maximum absolute atomic E-state index is 5.65. The highest BCUT2D eigenvalue weighted by atomic mass is 32.1. The van der Waals surface area contributed by atoms with E-state index in [1.165, 1.54) is 10.4 Å². The summed E-state index contributed by atoms with van der Waals surface area (Å²) in [7, 11) is 1.98. The van der Waals surface area contributed by atoms with E-state index >= 15 is 0 Å². The number of nitrogens with one attached hydrogen (secondary N) is 1. The minimum atomic E-state index is 0.178. The van der Waals surface area contributed by atoms with Crippen LogP contribution in [0.25, 0.3) is 0 Å². The van der Waals surface area contributed by atoms with Gasteiger partial charge in [-0.1, -0.05) is 6.92 Å². The molecule has 2 aromatic rings. The van der Waals surface area contributed by atoms with Crippen LogP contribution in [0, 0.1) is 6.92 Å². The number of aromatic nitrogens is 1. The molecule has 0 spiro atoms. The molecule has 0 saturated carbocycles. The quantitative estimate of drug-likeness (QED) is 0.876. The monoisotopic (exact) mass is 276 g/mol. The lowest BCUT2D eigenvalue weighted by atomic mass is 10.1. The second kappa shape index (κ2) is 6.68. The van der Waals surface area contributed by atoms with Gasteiger partial charge in [0.1, 0.15) is 5.75 Å². The number of nitrogens with zero attached hydrogens (tertiary/aromatic N) is 1. The summed E-state index contributed by atoms with van der Waals surface area (Å²) in [6.45, 7) is 4.97. The van der Waals surface area contributed by atoms with Gasteiger partial charge in [-0.05, 0) is 49.0 Å². The van der Waals surface area contributed by atoms with Gasteiger partial charge < -0.3 is 10.1 Å². The fourth-order valence-electron chi connectivity index (χ4n) is 2.02. The zero-order valence-corrected chi connectivity index (χ0v) is 12.5. The highest BCUT2D eigenvalue weighted by Gasteiger charge is 2.16. The third kappa shape index (κ3) is 3.33. The van der Waals surface area contributed by atoms with E-state index in [2.05, 4.69) is 41.7 Å². The molecule has 0 fully saturated rings. The van der Waals surface area contributed by atoms with Gasteiger partial charge in [-0.3, -0.25) is 4.98 Å². The first-order chi connectivity index (χ1) is 9.26. The van der Waals surface area contributed by atoms with Crippen LogP contribution in [0.4, 0.5) is 0 Å². The molecule has 0 amide bonds. The van der Waals surface area contributed by atoms with Crippen molar-refractivity contribution in [1.82, 2.24) is 10.3 Å². The molecule has 3 nitrogen and oxygen atoms in total. The molecular weight excluding hydrogens is 256 g/mol. The van der Waals surface area contributed by atoms with E-state index in [-0.39, 0.29) is 6.04 Å². The van der Waals surface area contributed by atoms with Gasteiger partial charge in [0.25, 0.3) is 0 Å². The summed E-state index contributed by atoms with van der Waals surface area (Å²) in [6, 6.07) is 4.40. The molecule has 0 saturated heterocycles. The van der Waals surface area contributed by atoms with Crippen LogP contribution in [0.2, 0.25) is 0 Å². The molecule has 0 aromatic carbocycles. The molecular formula is C15H20N2OS. The Balaban J connectivity index is 2.26. The molecule has 102 valence electrons. The first-order valence-electron chi connectivity index (χ1n) is 6.55. The fourth-order valence-corrected chi connectivity index (χ4v) is 3.08. The van der Waals surface area contributed by atoms with Crippen molar-refractivity contribution in [1.29, 1.82) is 0 Å². The van der Waals surface area contributed by atoms with Crippen LogP contribution in [-0.4, -0.2) is 18.6 Å². The van der Waals surface area contributed by atoms with E-state index in [4.69, 9.17) is 4.74 Å². The van der Waals surface area contributed by atoms with Gasteiger partial charge in [0, 0.05) is 11.1 Å². The molecule has 2 aromatic heterocycles. The second-order valence-corrected chi connectivity index (χ2v) is 5.44. The van der Waals surface area contributed by atoms with Gasteiger partial charge in [-0.15, -0.1) is 11.3 Å². The van der Waals surface area contributed by atoms with Crippen molar-refractivity contribution in [3.8, 4) is 5.75 Å². The molecule has 1 atom stereocenters. The summed E-state index contributed by atoms with van der Waals surface area (Å²) in [4.78, 5) is 5.62. The van der Waals surface area contributed by atoms with Crippen molar-refractivity contribution < 1.29 is 4.74 Å². The minimum Gasteiger partial charge on any atom is -0.492 e. The zero-order chi connectivity index (χ0) is 13.7. The van der Waals surface area contributed by atoms with Gasteiger partial charge in [-0.25, -0.2) is 0 Å². The van der Waals surface area contributed by atoms with Crippen molar-refractivity contribution in [2.75, 3.05) is 13.7 Å². The normalized spacial score (nSPS) is 12.4. The third-order valence-corrected chi connectivity index (χ3v) is 4.08. The van der Waals surface area contributed by atoms with Gasteiger partial charge in [-0.2, -0.15) is 0 Å². The number of hydrogen-bond acceptors (Lipinski definition) is 4. The molecule has 1 unspecified atom stereocenters. The van der Waals surface area contributed by atoms with E-state index in [1.807, 2.05) is 13.2 Å². The van der Waals surface area contributed by atoms with Crippen LogP contribution in [-0.2, 0) is 0 Å². The average Bonchev–Trinajstić information content (AvgIpc) is 2.84. The summed E-state index contributed by atoms with van der Waals surface area (Å²) in [6.07, 6.45) is 4.68. The Hall–Kier alpha value is -1.39. The highest BCUT2D eigenvalue weighted by Crippen LogP contribution is 2.30. The van der Waals surface area contributed by atoms with Crippen LogP contribution >= 0.6 is 11.3 Å². The Morgan fingerprint density at radius 2 is 2.26 bits per heavy atom. The molecule has 0 bridgehead atoms. The Labute approximate surface area is 118 Å². The molecule has 0 aliphatic rings. The van der Waals surface area contributed by atoms with Gasteiger partial charge in [0.15, 0.2) is 0 Å². The number of thiophene rings is 1. The molecule has 2 rings (SSSR count).